The molecule has 1 saturated heterocycles. The molecule has 1 unspecified atom stereocenters. The summed E-state index contributed by atoms with van der Waals surface area (Å²) in [6.07, 6.45) is 0.297. The first kappa shape index (κ1) is 15.3. The number of halogens is 1. The average molecular weight is 318 g/mol. The van der Waals surface area contributed by atoms with Crippen LogP contribution in [0.2, 0.25) is 5.02 Å². The van der Waals surface area contributed by atoms with Crippen molar-refractivity contribution in [3.63, 3.8) is 0 Å². The summed E-state index contributed by atoms with van der Waals surface area (Å²) in [5, 5.41) is 9.33. The van der Waals surface area contributed by atoms with Gasteiger partial charge in [0.15, 0.2) is 0 Å². The molecule has 0 spiro atoms. The molecule has 1 aliphatic heterocycles. The number of carboxylic acids is 1. The van der Waals surface area contributed by atoms with Crippen molar-refractivity contribution >= 4 is 27.6 Å². The van der Waals surface area contributed by atoms with E-state index in [0.29, 0.717) is 6.42 Å². The summed E-state index contributed by atoms with van der Waals surface area (Å²) in [6.45, 7) is 3.53. The maximum absolute atomic E-state index is 12.5. The average Bonchev–Trinajstić information content (AvgIpc) is 2.73. The molecule has 0 amide bonds. The fraction of sp³-hybridized carbons (Fsp3) is 0.462. The lowest BCUT2D eigenvalue weighted by Gasteiger charge is -2.20. The predicted octanol–water partition coefficient (Wildman–Crippen LogP) is 2.13. The van der Waals surface area contributed by atoms with Crippen molar-refractivity contribution in [2.24, 2.45) is 5.41 Å². The minimum absolute atomic E-state index is 0.0272. The number of hydrogen-bond donors (Lipinski definition) is 1. The Morgan fingerprint density at radius 2 is 2.10 bits per heavy atom. The van der Waals surface area contributed by atoms with E-state index in [1.54, 1.807) is 19.1 Å². The maximum atomic E-state index is 12.5. The van der Waals surface area contributed by atoms with Crippen LogP contribution in [0.4, 0.5) is 0 Å². The van der Waals surface area contributed by atoms with Gasteiger partial charge in [-0.3, -0.25) is 4.79 Å². The van der Waals surface area contributed by atoms with Crippen molar-refractivity contribution in [2.45, 2.75) is 25.2 Å². The van der Waals surface area contributed by atoms with E-state index in [2.05, 4.69) is 0 Å². The van der Waals surface area contributed by atoms with Crippen LogP contribution in [0.1, 0.15) is 18.9 Å². The topological polar surface area (TPSA) is 74.7 Å². The molecule has 0 bridgehead atoms. The number of rotatable bonds is 3. The monoisotopic (exact) mass is 317 g/mol. The van der Waals surface area contributed by atoms with E-state index in [4.69, 9.17) is 11.6 Å². The first-order valence-electron chi connectivity index (χ1n) is 6.16. The number of sulfonamides is 1. The van der Waals surface area contributed by atoms with Gasteiger partial charge in [0.05, 0.1) is 10.4 Å². The Kier molecular flexibility index (Phi) is 3.83. The van der Waals surface area contributed by atoms with Gasteiger partial charge in [-0.1, -0.05) is 17.7 Å². The van der Waals surface area contributed by atoms with Gasteiger partial charge in [0.1, 0.15) is 4.90 Å². The number of carbonyl (C=O) groups is 1. The molecule has 1 atom stereocenters. The highest BCUT2D eigenvalue weighted by Crippen LogP contribution is 2.35. The highest BCUT2D eigenvalue weighted by molar-refractivity contribution is 7.89. The molecule has 0 saturated carbocycles. The Hall–Kier alpha value is -1.11. The normalized spacial score (nSPS) is 23.9. The van der Waals surface area contributed by atoms with Crippen molar-refractivity contribution in [3.8, 4) is 0 Å². The number of aliphatic carboxylic acids is 1. The van der Waals surface area contributed by atoms with E-state index in [0.717, 1.165) is 5.56 Å². The van der Waals surface area contributed by atoms with Crippen LogP contribution >= 0.6 is 11.6 Å². The summed E-state index contributed by atoms with van der Waals surface area (Å²) < 4.78 is 26.2. The van der Waals surface area contributed by atoms with Gasteiger partial charge in [-0.25, -0.2) is 8.42 Å². The zero-order valence-corrected chi connectivity index (χ0v) is 12.8. The van der Waals surface area contributed by atoms with Crippen LogP contribution < -0.4 is 0 Å². The van der Waals surface area contributed by atoms with E-state index in [-0.39, 0.29) is 23.0 Å². The van der Waals surface area contributed by atoms with Gasteiger partial charge in [-0.15, -0.1) is 0 Å². The van der Waals surface area contributed by atoms with Gasteiger partial charge in [0, 0.05) is 13.1 Å². The van der Waals surface area contributed by atoms with Gasteiger partial charge < -0.3 is 5.11 Å². The Labute approximate surface area is 123 Å². The Morgan fingerprint density at radius 3 is 2.60 bits per heavy atom. The summed E-state index contributed by atoms with van der Waals surface area (Å²) in [5.41, 5.74) is -0.171. The van der Waals surface area contributed by atoms with Crippen LogP contribution in [0, 0.1) is 12.3 Å². The largest absolute Gasteiger partial charge is 0.481 e. The third-order valence-electron chi connectivity index (χ3n) is 3.66. The zero-order chi connectivity index (χ0) is 15.1. The molecule has 1 aromatic carbocycles. The number of benzene rings is 1. The second-order valence-electron chi connectivity index (χ2n) is 5.39. The molecule has 1 aliphatic rings. The SMILES string of the molecule is Cc1ccc(S(=O)(=O)N2CCC(C)(C(=O)O)C2)c(Cl)c1. The van der Waals surface area contributed by atoms with Crippen LogP contribution in [0.3, 0.4) is 0 Å². The van der Waals surface area contributed by atoms with Gasteiger partial charge in [0.25, 0.3) is 0 Å². The Morgan fingerprint density at radius 1 is 1.45 bits per heavy atom. The fourth-order valence-corrected chi connectivity index (χ4v) is 4.39. The number of aryl methyl sites for hydroxylation is 1. The molecule has 1 fully saturated rings. The molecule has 0 aromatic heterocycles. The van der Waals surface area contributed by atoms with Gasteiger partial charge in [-0.05, 0) is 38.0 Å². The fourth-order valence-electron chi connectivity index (χ4n) is 2.25. The Bertz CT molecular complexity index is 658. The molecule has 110 valence electrons. The highest BCUT2D eigenvalue weighted by Gasteiger charge is 2.45. The van der Waals surface area contributed by atoms with E-state index in [1.165, 1.54) is 10.4 Å². The van der Waals surface area contributed by atoms with Crippen LogP contribution in [-0.4, -0.2) is 36.9 Å². The van der Waals surface area contributed by atoms with Crippen LogP contribution in [0.5, 0.6) is 0 Å². The first-order chi connectivity index (χ1) is 9.17. The minimum Gasteiger partial charge on any atom is -0.481 e. The van der Waals surface area contributed by atoms with Gasteiger partial charge in [0.2, 0.25) is 10.0 Å². The third-order valence-corrected chi connectivity index (χ3v) is 5.99. The van der Waals surface area contributed by atoms with E-state index >= 15 is 0 Å². The summed E-state index contributed by atoms with van der Waals surface area (Å²) in [7, 11) is -3.75. The van der Waals surface area contributed by atoms with Crippen LogP contribution in [0.25, 0.3) is 0 Å². The summed E-state index contributed by atoms with van der Waals surface area (Å²) in [4.78, 5) is 11.2. The van der Waals surface area contributed by atoms with E-state index in [1.807, 2.05) is 6.92 Å². The smallest absolute Gasteiger partial charge is 0.310 e. The number of hydrogen-bond acceptors (Lipinski definition) is 3. The molecule has 5 nitrogen and oxygen atoms in total. The second-order valence-corrected chi connectivity index (χ2v) is 7.70. The van der Waals surface area contributed by atoms with Crippen LogP contribution in [-0.2, 0) is 14.8 Å². The minimum atomic E-state index is -3.75. The van der Waals surface area contributed by atoms with Crippen molar-refractivity contribution in [1.82, 2.24) is 4.31 Å². The lowest BCUT2D eigenvalue weighted by molar-refractivity contribution is -0.146. The lowest BCUT2D eigenvalue weighted by Crippen LogP contribution is -2.35. The third kappa shape index (κ3) is 2.55. The highest BCUT2D eigenvalue weighted by atomic mass is 35.5. The summed E-state index contributed by atoms with van der Waals surface area (Å²) in [5.74, 6) is -0.981. The predicted molar refractivity (Wildman–Crippen MR) is 75.3 cm³/mol. The molecular weight excluding hydrogens is 302 g/mol. The number of carboxylic acid groups (broad SMARTS) is 1. The van der Waals surface area contributed by atoms with Gasteiger partial charge in [-0.2, -0.15) is 4.31 Å². The standard InChI is InChI=1S/C13H16ClNO4S/c1-9-3-4-11(10(14)7-9)20(18,19)15-6-5-13(2,8-15)12(16)17/h3-4,7H,5-6,8H2,1-2H3,(H,16,17). The van der Waals surface area contributed by atoms with Crippen molar-refractivity contribution < 1.29 is 18.3 Å². The van der Waals surface area contributed by atoms with Crippen LogP contribution in [0.15, 0.2) is 23.1 Å². The molecule has 1 aromatic rings. The molecular formula is C13H16ClNO4S. The quantitative estimate of drug-likeness (QED) is 0.926. The molecule has 0 radical (unpaired) electrons. The van der Waals surface area contributed by atoms with Crippen molar-refractivity contribution in [2.75, 3.05) is 13.1 Å². The summed E-state index contributed by atoms with van der Waals surface area (Å²) >= 11 is 6.00. The lowest BCUT2D eigenvalue weighted by atomic mass is 9.90. The molecule has 20 heavy (non-hydrogen) atoms. The molecule has 2 rings (SSSR count). The summed E-state index contributed by atoms with van der Waals surface area (Å²) in [6, 6.07) is 4.72. The molecule has 0 aliphatic carbocycles. The zero-order valence-electron chi connectivity index (χ0n) is 11.3. The number of nitrogens with zero attached hydrogens (tertiary/aromatic N) is 1. The van der Waals surface area contributed by atoms with Gasteiger partial charge >= 0.3 is 5.97 Å². The molecule has 1 N–H and O–H groups in total. The second kappa shape index (κ2) is 5.02. The first-order valence-corrected chi connectivity index (χ1v) is 7.98. The van der Waals surface area contributed by atoms with Crippen molar-refractivity contribution in [1.29, 1.82) is 0 Å². The maximum Gasteiger partial charge on any atom is 0.310 e. The van der Waals surface area contributed by atoms with E-state index in [9.17, 15) is 18.3 Å². The van der Waals surface area contributed by atoms with Crippen molar-refractivity contribution in [3.05, 3.63) is 28.8 Å². The Balaban J connectivity index is 2.35. The molecule has 7 heteroatoms. The molecule has 1 heterocycles. The van der Waals surface area contributed by atoms with E-state index < -0.39 is 21.4 Å².